The fraction of sp³-hybridized carbons (Fsp3) is 0.850. The van der Waals surface area contributed by atoms with Crippen molar-refractivity contribution in [1.29, 1.82) is 0 Å². The van der Waals surface area contributed by atoms with Gasteiger partial charge in [0.2, 0.25) is 0 Å². The van der Waals surface area contributed by atoms with E-state index in [4.69, 9.17) is 21.8 Å². The van der Waals surface area contributed by atoms with E-state index in [9.17, 15) is 9.90 Å². The van der Waals surface area contributed by atoms with E-state index in [0.717, 1.165) is 0 Å². The van der Waals surface area contributed by atoms with Crippen LogP contribution in [0, 0.1) is 0 Å². The molecule has 0 fully saturated rings. The minimum Gasteiger partial charge on any atom is -0.460 e. The molecule has 11 heteroatoms. The third-order valence-electron chi connectivity index (χ3n) is 3.22. The molecule has 0 aromatic carbocycles. The Balaban J connectivity index is 0. The normalized spacial score (nSPS) is 14.0. The number of aliphatic hydroxyl groups excluding tert-OH is 1. The second-order valence-electron chi connectivity index (χ2n) is 10.5. The van der Waals surface area contributed by atoms with Gasteiger partial charge in [-0.15, -0.1) is 0 Å². The van der Waals surface area contributed by atoms with Crippen molar-refractivity contribution in [2.45, 2.75) is 91.8 Å². The number of aliphatic hydroxyl groups is 1. The largest absolute Gasteiger partial charge is 0.469 e. The second kappa shape index (κ2) is 13.6. The Morgan fingerprint density at radius 2 is 1.29 bits per heavy atom. The van der Waals surface area contributed by atoms with Gasteiger partial charge in [0.05, 0.1) is 6.61 Å². The molecule has 0 heterocycles. The molecule has 0 saturated heterocycles. The molecule has 1 atom stereocenters. The number of hydrogen-bond donors (Lipinski definition) is 1. The number of esters is 1. The van der Waals surface area contributed by atoms with Gasteiger partial charge in [-0.2, -0.15) is 0 Å². The van der Waals surface area contributed by atoms with Crippen LogP contribution in [0.3, 0.4) is 0 Å². The van der Waals surface area contributed by atoms with Crippen LogP contribution in [0.1, 0.15) is 20.8 Å². The monoisotopic (exact) mass is 512 g/mol. The highest BCUT2D eigenvalue weighted by Gasteiger charge is 2.49. The Morgan fingerprint density at radius 3 is 1.65 bits per heavy atom. The van der Waals surface area contributed by atoms with Crippen molar-refractivity contribution in [2.75, 3.05) is 19.8 Å². The van der Waals surface area contributed by atoms with Crippen LogP contribution < -0.4 is 0 Å². The smallest absolute Gasteiger partial charge is 0.460 e. The predicted molar refractivity (Wildman–Crippen MR) is 138 cm³/mol. The summed E-state index contributed by atoms with van der Waals surface area (Å²) in [6.45, 7) is 25.0. The van der Waals surface area contributed by atoms with Crippen LogP contribution in [0.5, 0.6) is 0 Å². The van der Waals surface area contributed by atoms with Gasteiger partial charge in [-0.3, -0.25) is 0 Å². The van der Waals surface area contributed by atoms with Gasteiger partial charge in [0.15, 0.2) is 25.0 Å². The minimum atomic E-state index is -2.86. The molecule has 0 aliphatic carbocycles. The molecule has 1 unspecified atom stereocenters. The minimum absolute atomic E-state index is 0. The molecule has 0 aliphatic heterocycles. The molecule has 0 radical (unpaired) electrons. The van der Waals surface area contributed by atoms with Crippen LogP contribution in [-0.2, 0) is 26.6 Å². The molecular formula is C20H48O7Si4. The lowest BCUT2D eigenvalue weighted by molar-refractivity contribution is -0.143. The maximum absolute atomic E-state index is 11.4. The number of carbonyl (C=O) groups is 1. The van der Waals surface area contributed by atoms with Crippen LogP contribution in [0.4, 0.5) is 0 Å². The van der Waals surface area contributed by atoms with Crippen molar-refractivity contribution >= 4 is 39.7 Å². The fourth-order valence-corrected chi connectivity index (χ4v) is 17.2. The van der Waals surface area contributed by atoms with Gasteiger partial charge in [0, 0.05) is 18.2 Å². The molecule has 1 N–H and O–H groups in total. The van der Waals surface area contributed by atoms with E-state index in [-0.39, 0.29) is 20.6 Å². The van der Waals surface area contributed by atoms with E-state index >= 15 is 0 Å². The number of rotatable bonds is 15. The molecular weight excluding hydrogens is 465 g/mol. The van der Waals surface area contributed by atoms with Crippen molar-refractivity contribution in [1.82, 2.24) is 0 Å². The lowest BCUT2D eigenvalue weighted by Crippen LogP contribution is -2.60. The van der Waals surface area contributed by atoms with Gasteiger partial charge in [-0.25, -0.2) is 4.79 Å². The molecule has 0 saturated carbocycles. The summed E-state index contributed by atoms with van der Waals surface area (Å²) >= 11 is 0. The summed E-state index contributed by atoms with van der Waals surface area (Å²) in [7, 11) is -8.53. The summed E-state index contributed by atoms with van der Waals surface area (Å²) in [5.74, 6) is -0.514. The molecule has 0 aromatic heterocycles. The van der Waals surface area contributed by atoms with Crippen LogP contribution in [-0.4, -0.2) is 70.8 Å². The first-order valence-corrected chi connectivity index (χ1v) is 22.7. The van der Waals surface area contributed by atoms with Crippen molar-refractivity contribution in [3.8, 4) is 0 Å². The highest BCUT2D eigenvalue weighted by atomic mass is 28.5. The predicted octanol–water partition coefficient (Wildman–Crippen LogP) is 5.00. The summed E-state index contributed by atoms with van der Waals surface area (Å²) in [6.07, 6.45) is -0.158. The number of ether oxygens (including phenoxy) is 2. The van der Waals surface area contributed by atoms with Crippen molar-refractivity contribution in [3.05, 3.63) is 12.2 Å². The molecule has 0 rings (SSSR count). The molecule has 0 bridgehead atoms. The first-order valence-electron chi connectivity index (χ1n) is 10.5. The van der Waals surface area contributed by atoms with E-state index < -0.39 is 45.8 Å². The third kappa shape index (κ3) is 18.0. The maximum atomic E-state index is 11.4. The quantitative estimate of drug-likeness (QED) is 0.143. The highest BCUT2D eigenvalue weighted by Crippen LogP contribution is 2.29. The van der Waals surface area contributed by atoms with Crippen molar-refractivity contribution < 1.29 is 31.7 Å². The molecule has 0 aliphatic rings. The zero-order valence-electron chi connectivity index (χ0n) is 20.7. The van der Waals surface area contributed by atoms with E-state index in [1.165, 1.54) is 0 Å². The van der Waals surface area contributed by atoms with Crippen LogP contribution in [0.15, 0.2) is 12.2 Å². The van der Waals surface area contributed by atoms with Gasteiger partial charge in [0.25, 0.3) is 0 Å². The average Bonchev–Trinajstić information content (AvgIpc) is 2.46. The van der Waals surface area contributed by atoms with Gasteiger partial charge >= 0.3 is 14.8 Å². The highest BCUT2D eigenvalue weighted by molar-refractivity contribution is 6.90. The number of carbonyl (C=O) groups excluding carboxylic acids is 1. The standard InChI is InChI=1S/C19H44O7Si4.CH4/c1-17(2)19(21)23-16-18(20)15-22-13-12-14-30(24-27(3,4)5,25-28(6,7)8)26-29(9,10)11;/h18,20H,1,12-16H2,2-11H3;1H4. The molecule has 31 heavy (non-hydrogen) atoms. The first-order chi connectivity index (χ1) is 13.3. The summed E-state index contributed by atoms with van der Waals surface area (Å²) < 4.78 is 30.4. The zero-order valence-corrected chi connectivity index (χ0v) is 24.7. The van der Waals surface area contributed by atoms with E-state index in [1.54, 1.807) is 6.92 Å². The Bertz CT molecular complexity index is 510. The number of hydrogen-bond acceptors (Lipinski definition) is 7. The zero-order chi connectivity index (χ0) is 23.8. The third-order valence-corrected chi connectivity index (χ3v) is 15.3. The first kappa shape index (κ1) is 33.1. The SMILES string of the molecule is C.C=C(C)C(=O)OCC(O)COCCC[Si](O[Si](C)(C)C)(O[Si](C)(C)C)O[Si](C)(C)C. The van der Waals surface area contributed by atoms with E-state index in [1.807, 2.05) is 0 Å². The van der Waals surface area contributed by atoms with Crippen LogP contribution >= 0.6 is 0 Å². The summed E-state index contributed by atoms with van der Waals surface area (Å²) in [4.78, 5) is 11.4. The Hall–Kier alpha value is -0.122. The molecule has 186 valence electrons. The second-order valence-corrected chi connectivity index (χ2v) is 27.5. The van der Waals surface area contributed by atoms with Gasteiger partial charge < -0.3 is 26.9 Å². The fourth-order valence-electron chi connectivity index (χ4n) is 2.57. The molecule has 0 spiro atoms. The van der Waals surface area contributed by atoms with Crippen LogP contribution in [0.2, 0.25) is 65.0 Å². The van der Waals surface area contributed by atoms with Gasteiger partial charge in [0.1, 0.15) is 12.7 Å². The van der Waals surface area contributed by atoms with Gasteiger partial charge in [-0.1, -0.05) is 14.0 Å². The molecule has 0 amide bonds. The van der Waals surface area contributed by atoms with Crippen LogP contribution in [0.25, 0.3) is 0 Å². The Kier molecular flexibility index (Phi) is 14.4. The summed E-state index contributed by atoms with van der Waals surface area (Å²) in [5, 5.41) is 9.92. The average molecular weight is 513 g/mol. The van der Waals surface area contributed by atoms with Crippen molar-refractivity contribution in [3.63, 3.8) is 0 Å². The van der Waals surface area contributed by atoms with Gasteiger partial charge in [-0.05, 0) is 72.3 Å². The maximum Gasteiger partial charge on any atom is 0.469 e. The lowest BCUT2D eigenvalue weighted by atomic mass is 10.3. The molecule has 0 aromatic rings. The lowest BCUT2D eigenvalue weighted by Gasteiger charge is -2.42. The summed E-state index contributed by atoms with van der Waals surface area (Å²) in [6, 6.07) is 0.687. The molecule has 7 nitrogen and oxygen atoms in total. The van der Waals surface area contributed by atoms with Crippen molar-refractivity contribution in [2.24, 2.45) is 0 Å². The van der Waals surface area contributed by atoms with E-state index in [0.29, 0.717) is 24.6 Å². The Labute approximate surface area is 195 Å². The summed E-state index contributed by atoms with van der Waals surface area (Å²) in [5.41, 5.74) is 0.302. The Morgan fingerprint density at radius 1 is 0.871 bits per heavy atom. The topological polar surface area (TPSA) is 83.5 Å². The van der Waals surface area contributed by atoms with E-state index in [2.05, 4.69) is 65.5 Å².